The van der Waals surface area contributed by atoms with Gasteiger partial charge in [0.1, 0.15) is 36.4 Å². The van der Waals surface area contributed by atoms with Crippen LogP contribution in [0.4, 0.5) is 10.3 Å². The van der Waals surface area contributed by atoms with Gasteiger partial charge < -0.3 is 19.1 Å². The molecule has 1 aromatic heterocycles. The highest BCUT2D eigenvalue weighted by atomic mass is 32.1. The quantitative estimate of drug-likeness (QED) is 0.274. The highest BCUT2D eigenvalue weighted by molar-refractivity contribution is 7.19. The lowest BCUT2D eigenvalue weighted by Crippen LogP contribution is -2.36. The fourth-order valence-electron chi connectivity index (χ4n) is 3.24. The minimum atomic E-state index is -0.536. The number of carbonyl (C=O) groups is 1. The molecule has 10 heteroatoms. The molecule has 4 rings (SSSR count). The van der Waals surface area contributed by atoms with Crippen molar-refractivity contribution in [1.82, 2.24) is 10.2 Å². The second-order valence-corrected chi connectivity index (χ2v) is 8.65. The van der Waals surface area contributed by atoms with Crippen molar-refractivity contribution in [3.8, 4) is 17.6 Å². The summed E-state index contributed by atoms with van der Waals surface area (Å²) >= 11 is 1.27. The number of aryl methyl sites for hydroxylation is 1. The fourth-order valence-corrected chi connectivity index (χ4v) is 4.03. The maximum absolute atomic E-state index is 12.6. The van der Waals surface area contributed by atoms with Gasteiger partial charge in [0.15, 0.2) is 0 Å². The van der Waals surface area contributed by atoms with Crippen molar-refractivity contribution < 1.29 is 19.0 Å². The van der Waals surface area contributed by atoms with Gasteiger partial charge >= 0.3 is 0 Å². The zero-order valence-corrected chi connectivity index (χ0v) is 20.1. The van der Waals surface area contributed by atoms with E-state index in [0.29, 0.717) is 48.0 Å². The number of hydrogen-bond acceptors (Lipinski definition) is 9. The van der Waals surface area contributed by atoms with E-state index in [0.717, 1.165) is 18.8 Å². The average molecular weight is 492 g/mol. The number of aromatic nitrogens is 2. The number of amides is 1. The molecule has 0 radical (unpaired) electrons. The molecule has 1 saturated heterocycles. The SMILES string of the molecule is Cc1ccc(OCCOc2ccc(/C=C(/C#N)C(=O)Nc3nnc(N4CCOCC4)s3)cc2)cc1. The van der Waals surface area contributed by atoms with Crippen molar-refractivity contribution in [2.75, 3.05) is 49.7 Å². The van der Waals surface area contributed by atoms with E-state index in [1.165, 1.54) is 23.0 Å². The summed E-state index contributed by atoms with van der Waals surface area (Å²) in [7, 11) is 0. The Kier molecular flexibility index (Phi) is 8.27. The normalized spacial score (nSPS) is 13.7. The van der Waals surface area contributed by atoms with Crippen LogP contribution in [0.15, 0.2) is 54.1 Å². The van der Waals surface area contributed by atoms with Gasteiger partial charge in [0, 0.05) is 13.1 Å². The zero-order chi connectivity index (χ0) is 24.5. The zero-order valence-electron chi connectivity index (χ0n) is 19.3. The molecule has 1 aliphatic rings. The number of morpholine rings is 1. The van der Waals surface area contributed by atoms with E-state index in [9.17, 15) is 10.1 Å². The number of ether oxygens (including phenoxy) is 3. The summed E-state index contributed by atoms with van der Waals surface area (Å²) in [4.78, 5) is 14.6. The Morgan fingerprint density at radius 3 is 2.34 bits per heavy atom. The molecule has 1 aliphatic heterocycles. The molecule has 0 spiro atoms. The number of benzene rings is 2. The summed E-state index contributed by atoms with van der Waals surface area (Å²) in [5.41, 5.74) is 1.84. The van der Waals surface area contributed by atoms with Gasteiger partial charge in [-0.3, -0.25) is 10.1 Å². The highest BCUT2D eigenvalue weighted by Gasteiger charge is 2.18. The maximum Gasteiger partial charge on any atom is 0.268 e. The Morgan fingerprint density at radius 1 is 1.09 bits per heavy atom. The van der Waals surface area contributed by atoms with Crippen LogP contribution in [0.2, 0.25) is 0 Å². The lowest BCUT2D eigenvalue weighted by atomic mass is 10.1. The fraction of sp³-hybridized carbons (Fsp3) is 0.280. The first kappa shape index (κ1) is 24.2. The number of nitriles is 1. The third-order valence-corrected chi connectivity index (χ3v) is 6.01. The van der Waals surface area contributed by atoms with Crippen LogP contribution in [0.5, 0.6) is 11.5 Å². The summed E-state index contributed by atoms with van der Waals surface area (Å²) in [6, 6.07) is 16.9. The second-order valence-electron chi connectivity index (χ2n) is 7.69. The van der Waals surface area contributed by atoms with E-state index in [1.807, 2.05) is 37.3 Å². The van der Waals surface area contributed by atoms with E-state index in [1.54, 1.807) is 24.3 Å². The molecular formula is C25H25N5O4S. The molecule has 1 N–H and O–H groups in total. The summed E-state index contributed by atoms with van der Waals surface area (Å²) in [5.74, 6) is 0.931. The van der Waals surface area contributed by atoms with Gasteiger partial charge in [-0.2, -0.15) is 5.26 Å². The first-order valence-corrected chi connectivity index (χ1v) is 11.9. The molecule has 3 aromatic rings. The third kappa shape index (κ3) is 7.02. The Bertz CT molecular complexity index is 1200. The van der Waals surface area contributed by atoms with Gasteiger partial charge in [0.2, 0.25) is 10.3 Å². The van der Waals surface area contributed by atoms with Gasteiger partial charge in [0.05, 0.1) is 13.2 Å². The molecule has 2 aromatic carbocycles. The largest absolute Gasteiger partial charge is 0.490 e. The molecule has 1 amide bonds. The van der Waals surface area contributed by atoms with Gasteiger partial charge in [-0.25, -0.2) is 0 Å². The Balaban J connectivity index is 1.28. The van der Waals surface area contributed by atoms with E-state index in [-0.39, 0.29) is 5.57 Å². The molecule has 0 saturated carbocycles. The topological polar surface area (TPSA) is 110 Å². The van der Waals surface area contributed by atoms with E-state index >= 15 is 0 Å². The predicted molar refractivity (Wildman–Crippen MR) is 134 cm³/mol. The molecule has 1 fully saturated rings. The van der Waals surface area contributed by atoms with Crippen LogP contribution in [0.3, 0.4) is 0 Å². The molecule has 0 aliphatic carbocycles. The minimum Gasteiger partial charge on any atom is -0.490 e. The van der Waals surface area contributed by atoms with Gasteiger partial charge in [0.25, 0.3) is 5.91 Å². The number of rotatable bonds is 9. The van der Waals surface area contributed by atoms with Crippen molar-refractivity contribution in [2.45, 2.75) is 6.92 Å². The van der Waals surface area contributed by atoms with Gasteiger partial charge in [-0.05, 0) is 42.8 Å². The van der Waals surface area contributed by atoms with Crippen LogP contribution in [-0.2, 0) is 9.53 Å². The average Bonchev–Trinajstić information content (AvgIpc) is 3.36. The van der Waals surface area contributed by atoms with Gasteiger partial charge in [-0.1, -0.05) is 41.2 Å². The first-order valence-electron chi connectivity index (χ1n) is 11.1. The summed E-state index contributed by atoms with van der Waals surface area (Å²) < 4.78 is 16.7. The Morgan fingerprint density at radius 2 is 1.71 bits per heavy atom. The van der Waals surface area contributed by atoms with Crippen molar-refractivity contribution >= 4 is 33.6 Å². The number of nitrogens with one attached hydrogen (secondary N) is 1. The number of hydrogen-bond donors (Lipinski definition) is 1. The van der Waals surface area contributed by atoms with Crippen molar-refractivity contribution in [3.05, 3.63) is 65.2 Å². The lowest BCUT2D eigenvalue weighted by Gasteiger charge is -2.25. The van der Waals surface area contributed by atoms with E-state index in [4.69, 9.17) is 14.2 Å². The predicted octanol–water partition coefficient (Wildman–Crippen LogP) is 3.69. The first-order chi connectivity index (χ1) is 17.1. The summed E-state index contributed by atoms with van der Waals surface area (Å²) in [6.07, 6.45) is 1.52. The lowest BCUT2D eigenvalue weighted by molar-refractivity contribution is -0.112. The van der Waals surface area contributed by atoms with Crippen molar-refractivity contribution in [1.29, 1.82) is 5.26 Å². The summed E-state index contributed by atoms with van der Waals surface area (Å²) in [5, 5.41) is 21.3. The number of nitrogens with zero attached hydrogens (tertiary/aromatic N) is 4. The smallest absolute Gasteiger partial charge is 0.268 e. The molecule has 2 heterocycles. The van der Waals surface area contributed by atoms with Gasteiger partial charge in [-0.15, -0.1) is 10.2 Å². The minimum absolute atomic E-state index is 0.0340. The van der Waals surface area contributed by atoms with Crippen LogP contribution in [-0.4, -0.2) is 55.6 Å². The molecule has 0 unspecified atom stereocenters. The standard InChI is InChI=1S/C25H25N5O4S/c1-18-2-6-21(7-3-18)33-14-15-34-22-8-4-19(5-9-22)16-20(17-26)23(31)27-24-28-29-25(35-24)30-10-12-32-13-11-30/h2-9,16H,10-15H2,1H3,(H,27,28,31)/b20-16-. The molecule has 180 valence electrons. The Labute approximate surface area is 207 Å². The number of carbonyl (C=O) groups excluding carboxylic acids is 1. The number of anilines is 2. The molecule has 9 nitrogen and oxygen atoms in total. The summed E-state index contributed by atoms with van der Waals surface area (Å²) in [6.45, 7) is 5.56. The van der Waals surface area contributed by atoms with Crippen molar-refractivity contribution in [3.63, 3.8) is 0 Å². The van der Waals surface area contributed by atoms with Crippen LogP contribution >= 0.6 is 11.3 Å². The van der Waals surface area contributed by atoms with Crippen molar-refractivity contribution in [2.24, 2.45) is 0 Å². The third-order valence-electron chi connectivity index (χ3n) is 5.11. The van der Waals surface area contributed by atoms with E-state index < -0.39 is 5.91 Å². The van der Waals surface area contributed by atoms with Crippen LogP contribution in [0.25, 0.3) is 6.08 Å². The molecule has 0 atom stereocenters. The van der Waals surface area contributed by atoms with Crippen LogP contribution < -0.4 is 19.7 Å². The molecule has 0 bridgehead atoms. The van der Waals surface area contributed by atoms with E-state index in [2.05, 4.69) is 20.4 Å². The van der Waals surface area contributed by atoms with Crippen LogP contribution in [0, 0.1) is 18.3 Å². The molecular weight excluding hydrogens is 466 g/mol. The molecule has 35 heavy (non-hydrogen) atoms. The van der Waals surface area contributed by atoms with Crippen LogP contribution in [0.1, 0.15) is 11.1 Å². The Hall–Kier alpha value is -3.94. The maximum atomic E-state index is 12.6. The second kappa shape index (κ2) is 12.0. The monoisotopic (exact) mass is 491 g/mol. The highest BCUT2D eigenvalue weighted by Crippen LogP contribution is 2.25.